The van der Waals surface area contributed by atoms with Gasteiger partial charge in [-0.3, -0.25) is 0 Å². The van der Waals surface area contributed by atoms with Crippen molar-refractivity contribution < 1.29 is 47.6 Å². The first-order chi connectivity index (χ1) is 6.95. The van der Waals surface area contributed by atoms with Crippen molar-refractivity contribution in [2.45, 2.75) is 11.4 Å². The Bertz CT molecular complexity index is 523. The zero-order chi connectivity index (χ0) is 11.1. The van der Waals surface area contributed by atoms with Crippen LogP contribution in [0.5, 0.6) is 0 Å². The smallest absolute Gasteiger partial charge is 0.745 e. The number of hydrogen-bond acceptors (Lipinski definition) is 4. The summed E-state index contributed by atoms with van der Waals surface area (Å²) in [5.41, 5.74) is 0.810. The molecule has 0 saturated carbocycles. The van der Waals surface area contributed by atoms with Crippen LogP contribution in [0.1, 0.15) is 11.1 Å². The first-order valence-corrected chi connectivity index (χ1v) is 5.80. The Hall–Kier alpha value is -0.170. The first-order valence-electron chi connectivity index (χ1n) is 4.39. The second-order valence-electron chi connectivity index (χ2n) is 3.41. The van der Waals surface area contributed by atoms with Crippen LogP contribution < -0.4 is 29.6 Å². The minimum absolute atomic E-state index is 0. The molecule has 0 heterocycles. The molecule has 0 fully saturated rings. The molecular formula is C10H9NaO4S. The fraction of sp³-hybridized carbons (Fsp3) is 0.200. The van der Waals surface area contributed by atoms with Crippen molar-refractivity contribution in [1.82, 2.24) is 0 Å². The van der Waals surface area contributed by atoms with Gasteiger partial charge in [0, 0.05) is 5.56 Å². The van der Waals surface area contributed by atoms with E-state index in [0.717, 1.165) is 6.08 Å². The van der Waals surface area contributed by atoms with Crippen molar-refractivity contribution in [3.63, 3.8) is 0 Å². The predicted molar refractivity (Wildman–Crippen MR) is 52.9 cm³/mol. The normalized spacial score (nSPS) is 23.4. The number of aliphatic hydroxyl groups is 1. The Balaban J connectivity index is 0.00000128. The number of rotatable bonds is 1. The van der Waals surface area contributed by atoms with E-state index in [-0.39, 0.29) is 35.1 Å². The average Bonchev–Trinajstić information content (AvgIpc) is 2.17. The Morgan fingerprint density at radius 2 is 1.94 bits per heavy atom. The van der Waals surface area contributed by atoms with Crippen molar-refractivity contribution in [3.8, 4) is 0 Å². The SMILES string of the molecule is O=S(=O)([O-])C1(O)C=CCc2ccccc21.[Na+]. The molecule has 4 nitrogen and oxygen atoms in total. The van der Waals surface area contributed by atoms with Crippen molar-refractivity contribution >= 4 is 10.1 Å². The molecule has 1 aromatic rings. The zero-order valence-corrected chi connectivity index (χ0v) is 11.6. The third kappa shape index (κ3) is 2.11. The molecule has 0 aliphatic heterocycles. The monoisotopic (exact) mass is 248 g/mol. The molecule has 1 aliphatic rings. The van der Waals surface area contributed by atoms with Gasteiger partial charge >= 0.3 is 29.6 Å². The summed E-state index contributed by atoms with van der Waals surface area (Å²) < 4.78 is 33.0. The Kier molecular flexibility index (Phi) is 3.99. The number of benzene rings is 1. The van der Waals surface area contributed by atoms with E-state index in [1.807, 2.05) is 0 Å². The van der Waals surface area contributed by atoms with E-state index in [0.29, 0.717) is 12.0 Å². The molecule has 2 rings (SSSR count). The minimum Gasteiger partial charge on any atom is -0.745 e. The van der Waals surface area contributed by atoms with Gasteiger partial charge in [-0.2, -0.15) is 0 Å². The Morgan fingerprint density at radius 3 is 2.56 bits per heavy atom. The van der Waals surface area contributed by atoms with Gasteiger partial charge in [-0.15, -0.1) is 0 Å². The van der Waals surface area contributed by atoms with Gasteiger partial charge in [0.25, 0.3) is 0 Å². The second kappa shape index (κ2) is 4.60. The third-order valence-electron chi connectivity index (χ3n) is 2.47. The summed E-state index contributed by atoms with van der Waals surface area (Å²) in [6.45, 7) is 0. The fourth-order valence-corrected chi connectivity index (χ4v) is 2.43. The van der Waals surface area contributed by atoms with Crippen molar-refractivity contribution in [1.29, 1.82) is 0 Å². The van der Waals surface area contributed by atoms with Gasteiger partial charge in [-0.1, -0.05) is 30.3 Å². The van der Waals surface area contributed by atoms with E-state index in [2.05, 4.69) is 0 Å². The molecule has 6 heteroatoms. The maximum Gasteiger partial charge on any atom is 1.00 e. The first kappa shape index (κ1) is 13.9. The summed E-state index contributed by atoms with van der Waals surface area (Å²) in [5.74, 6) is 0. The van der Waals surface area contributed by atoms with Crippen LogP contribution >= 0.6 is 0 Å². The molecular weight excluding hydrogens is 239 g/mol. The van der Waals surface area contributed by atoms with E-state index in [4.69, 9.17) is 0 Å². The van der Waals surface area contributed by atoms with E-state index in [9.17, 15) is 18.1 Å². The average molecular weight is 248 g/mol. The van der Waals surface area contributed by atoms with Gasteiger partial charge in [0.05, 0.1) is 0 Å². The second-order valence-corrected chi connectivity index (χ2v) is 4.94. The van der Waals surface area contributed by atoms with Gasteiger partial charge in [-0.25, -0.2) is 8.42 Å². The van der Waals surface area contributed by atoms with Crippen LogP contribution in [-0.2, 0) is 21.5 Å². The van der Waals surface area contributed by atoms with Crippen LogP contribution in [0.2, 0.25) is 0 Å². The fourth-order valence-electron chi connectivity index (χ4n) is 1.70. The Morgan fingerprint density at radius 1 is 1.31 bits per heavy atom. The Labute approximate surface area is 116 Å². The largest absolute Gasteiger partial charge is 1.00 e. The molecule has 1 unspecified atom stereocenters. The van der Waals surface area contributed by atoms with Gasteiger partial charge in [0.1, 0.15) is 10.1 Å². The third-order valence-corrected chi connectivity index (χ3v) is 3.58. The predicted octanol–water partition coefficient (Wildman–Crippen LogP) is -2.51. The summed E-state index contributed by atoms with van der Waals surface area (Å²) in [6.07, 6.45) is 3.05. The number of fused-ring (bicyclic) bond motifs is 1. The molecule has 0 radical (unpaired) electrons. The van der Waals surface area contributed by atoms with Crippen LogP contribution in [-0.4, -0.2) is 18.1 Å². The summed E-state index contributed by atoms with van der Waals surface area (Å²) in [6, 6.07) is 6.47. The molecule has 16 heavy (non-hydrogen) atoms. The van der Waals surface area contributed by atoms with Crippen LogP contribution in [0.3, 0.4) is 0 Å². The molecule has 0 saturated heterocycles. The summed E-state index contributed by atoms with van der Waals surface area (Å²) in [5, 5.41) is 9.87. The van der Waals surface area contributed by atoms with Gasteiger partial charge in [-0.05, 0) is 18.1 Å². The minimum atomic E-state index is -4.82. The molecule has 0 bridgehead atoms. The topological polar surface area (TPSA) is 77.4 Å². The van der Waals surface area contributed by atoms with Crippen LogP contribution in [0.15, 0.2) is 36.4 Å². The van der Waals surface area contributed by atoms with E-state index in [1.165, 1.54) is 12.1 Å². The van der Waals surface area contributed by atoms with Gasteiger partial charge in [0.15, 0.2) is 4.93 Å². The summed E-state index contributed by atoms with van der Waals surface area (Å²) >= 11 is 0. The summed E-state index contributed by atoms with van der Waals surface area (Å²) in [4.78, 5) is -2.41. The van der Waals surface area contributed by atoms with Crippen LogP contribution in [0.25, 0.3) is 0 Å². The molecule has 1 N–H and O–H groups in total. The summed E-state index contributed by atoms with van der Waals surface area (Å²) in [7, 11) is -4.82. The maximum absolute atomic E-state index is 11.0. The zero-order valence-electron chi connectivity index (χ0n) is 8.75. The molecule has 80 valence electrons. The van der Waals surface area contributed by atoms with Crippen LogP contribution in [0.4, 0.5) is 0 Å². The molecule has 0 amide bonds. The number of allylic oxidation sites excluding steroid dienone is 1. The quantitative estimate of drug-likeness (QED) is 0.338. The molecule has 1 atom stereocenters. The molecule has 1 aliphatic carbocycles. The van der Waals surface area contributed by atoms with E-state index in [1.54, 1.807) is 18.2 Å². The standard InChI is InChI=1S/C10H10O4S.Na/c11-10(15(12,13)14)7-3-5-8-4-1-2-6-9(8)10;/h1-4,6-7,11H,5H2,(H,12,13,14);/q;+1/p-1. The van der Waals surface area contributed by atoms with E-state index >= 15 is 0 Å². The van der Waals surface area contributed by atoms with Crippen molar-refractivity contribution in [3.05, 3.63) is 47.5 Å². The molecule has 1 aromatic carbocycles. The van der Waals surface area contributed by atoms with E-state index < -0.39 is 15.1 Å². The van der Waals surface area contributed by atoms with Gasteiger partial charge < -0.3 is 9.66 Å². The molecule has 0 spiro atoms. The van der Waals surface area contributed by atoms with Crippen molar-refractivity contribution in [2.24, 2.45) is 0 Å². The van der Waals surface area contributed by atoms with Gasteiger partial charge in [0.2, 0.25) is 0 Å². The number of hydrogen-bond donors (Lipinski definition) is 1. The van der Waals surface area contributed by atoms with Crippen molar-refractivity contribution in [2.75, 3.05) is 0 Å². The maximum atomic E-state index is 11.0. The van der Waals surface area contributed by atoms with Crippen LogP contribution in [0, 0.1) is 0 Å². The molecule has 0 aromatic heterocycles.